The zero-order valence-electron chi connectivity index (χ0n) is 28.1. The Morgan fingerprint density at radius 3 is 1.15 bits per heavy atom. The highest BCUT2D eigenvalue weighted by molar-refractivity contribution is 5.97. The third kappa shape index (κ3) is 6.23. The molecule has 9 aromatic rings. The van der Waals surface area contributed by atoms with Gasteiger partial charge in [-0.1, -0.05) is 115 Å². The Balaban J connectivity index is 1.05. The fraction of sp³-hybridized carbons (Fsp3) is 0. The van der Waals surface area contributed by atoms with Crippen molar-refractivity contribution in [1.29, 1.82) is 0 Å². The summed E-state index contributed by atoms with van der Waals surface area (Å²) in [4.78, 5) is 23.0. The Kier molecular flexibility index (Phi) is 8.12. The Labute approximate surface area is 302 Å². The summed E-state index contributed by atoms with van der Waals surface area (Å²) in [7, 11) is 0. The van der Waals surface area contributed by atoms with E-state index in [-0.39, 0.29) is 0 Å². The third-order valence-corrected chi connectivity index (χ3v) is 9.32. The van der Waals surface area contributed by atoms with Crippen LogP contribution < -0.4 is 0 Å². The number of fused-ring (bicyclic) bond motifs is 1. The van der Waals surface area contributed by atoms with Crippen molar-refractivity contribution in [2.24, 2.45) is 0 Å². The Hall–Kier alpha value is -7.11. The summed E-state index contributed by atoms with van der Waals surface area (Å²) in [6.45, 7) is 0. The molecule has 0 aliphatic heterocycles. The highest BCUT2D eigenvalue weighted by atomic mass is 15.0. The molecule has 52 heavy (non-hydrogen) atoms. The second-order valence-electron chi connectivity index (χ2n) is 12.6. The van der Waals surface area contributed by atoms with E-state index < -0.39 is 0 Å². The van der Waals surface area contributed by atoms with Crippen LogP contribution in [-0.4, -0.2) is 24.9 Å². The van der Waals surface area contributed by atoms with Gasteiger partial charge in [-0.3, -0.25) is 9.97 Å². The SMILES string of the molecule is c1cc(-c2cccc(-c3cccc(-c4cccc5ccccc45)c3)c2)cc(-c2cccc(-c3nc(-c4ccncc4)nc(-c4ccncc4)n3)c2)c1. The minimum Gasteiger partial charge on any atom is -0.265 e. The first-order valence-electron chi connectivity index (χ1n) is 17.2. The largest absolute Gasteiger partial charge is 0.265 e. The summed E-state index contributed by atoms with van der Waals surface area (Å²) < 4.78 is 0. The molecule has 0 radical (unpaired) electrons. The van der Waals surface area contributed by atoms with Gasteiger partial charge in [0.15, 0.2) is 17.5 Å². The molecule has 0 N–H and O–H groups in total. The second-order valence-corrected chi connectivity index (χ2v) is 12.6. The van der Waals surface area contributed by atoms with Crippen LogP contribution in [0, 0.1) is 0 Å². The van der Waals surface area contributed by atoms with Crippen LogP contribution in [-0.2, 0) is 0 Å². The van der Waals surface area contributed by atoms with E-state index in [4.69, 9.17) is 15.0 Å². The lowest BCUT2D eigenvalue weighted by Gasteiger charge is -2.12. The number of rotatable bonds is 7. The first-order valence-corrected chi connectivity index (χ1v) is 17.2. The van der Waals surface area contributed by atoms with E-state index in [1.54, 1.807) is 24.8 Å². The van der Waals surface area contributed by atoms with E-state index in [0.29, 0.717) is 17.5 Å². The van der Waals surface area contributed by atoms with E-state index in [1.165, 1.54) is 33.0 Å². The second kappa shape index (κ2) is 13.7. The molecule has 6 aromatic carbocycles. The van der Waals surface area contributed by atoms with Gasteiger partial charge in [-0.2, -0.15) is 0 Å². The van der Waals surface area contributed by atoms with Gasteiger partial charge < -0.3 is 0 Å². The van der Waals surface area contributed by atoms with Crippen LogP contribution in [0.4, 0.5) is 0 Å². The third-order valence-electron chi connectivity index (χ3n) is 9.32. The van der Waals surface area contributed by atoms with Crippen molar-refractivity contribution in [3.63, 3.8) is 0 Å². The number of hydrogen-bond donors (Lipinski definition) is 0. The zero-order chi connectivity index (χ0) is 34.7. The summed E-state index contributed by atoms with van der Waals surface area (Å²) in [6.07, 6.45) is 6.99. The fourth-order valence-electron chi connectivity index (χ4n) is 6.70. The number of nitrogens with zero attached hydrogens (tertiary/aromatic N) is 5. The molecule has 0 bridgehead atoms. The summed E-state index contributed by atoms with van der Waals surface area (Å²) >= 11 is 0. The molecule has 3 heterocycles. The molecule has 0 saturated heterocycles. The Morgan fingerprint density at radius 2 is 0.635 bits per heavy atom. The van der Waals surface area contributed by atoms with Crippen molar-refractivity contribution in [2.75, 3.05) is 0 Å². The van der Waals surface area contributed by atoms with E-state index in [0.717, 1.165) is 38.9 Å². The maximum atomic E-state index is 4.91. The summed E-state index contributed by atoms with van der Waals surface area (Å²) in [6, 6.07) is 57.4. The lowest BCUT2D eigenvalue weighted by Crippen LogP contribution is -2.00. The first-order chi connectivity index (χ1) is 25.7. The minimum atomic E-state index is 0.592. The van der Waals surface area contributed by atoms with Gasteiger partial charge in [-0.05, 0) is 104 Å². The maximum absolute atomic E-state index is 4.91. The van der Waals surface area contributed by atoms with E-state index in [1.807, 2.05) is 30.3 Å². The molecule has 9 rings (SSSR count). The number of benzene rings is 6. The van der Waals surface area contributed by atoms with Crippen molar-refractivity contribution >= 4 is 10.8 Å². The molecule has 0 fully saturated rings. The van der Waals surface area contributed by atoms with Crippen LogP contribution in [0.25, 0.3) is 89.4 Å². The van der Waals surface area contributed by atoms with E-state index >= 15 is 0 Å². The molecule has 0 spiro atoms. The van der Waals surface area contributed by atoms with Gasteiger partial charge in [0, 0.05) is 41.5 Å². The molecule has 244 valence electrons. The van der Waals surface area contributed by atoms with Crippen molar-refractivity contribution in [2.45, 2.75) is 0 Å². The summed E-state index contributed by atoms with van der Waals surface area (Å²) in [5, 5.41) is 2.51. The van der Waals surface area contributed by atoms with E-state index in [9.17, 15) is 0 Å². The molecular formula is C47H31N5. The summed E-state index contributed by atoms with van der Waals surface area (Å²) in [5.74, 6) is 1.79. The molecule has 3 aromatic heterocycles. The van der Waals surface area contributed by atoms with Crippen LogP contribution in [0.3, 0.4) is 0 Å². The minimum absolute atomic E-state index is 0.592. The predicted molar refractivity (Wildman–Crippen MR) is 211 cm³/mol. The van der Waals surface area contributed by atoms with Gasteiger partial charge in [0.2, 0.25) is 0 Å². The smallest absolute Gasteiger partial charge is 0.164 e. The van der Waals surface area contributed by atoms with Crippen LogP contribution in [0.15, 0.2) is 189 Å². The van der Waals surface area contributed by atoms with Crippen LogP contribution in [0.5, 0.6) is 0 Å². The molecule has 0 saturated carbocycles. The lowest BCUT2D eigenvalue weighted by molar-refractivity contribution is 1.07. The maximum Gasteiger partial charge on any atom is 0.164 e. The van der Waals surface area contributed by atoms with Crippen molar-refractivity contribution < 1.29 is 0 Å². The van der Waals surface area contributed by atoms with E-state index in [2.05, 4.69) is 143 Å². The van der Waals surface area contributed by atoms with Gasteiger partial charge >= 0.3 is 0 Å². The van der Waals surface area contributed by atoms with Gasteiger partial charge in [0.05, 0.1) is 0 Å². The normalized spacial score (nSPS) is 11.1. The molecule has 5 heteroatoms. The number of pyridine rings is 2. The molecule has 0 aliphatic rings. The Bertz CT molecular complexity index is 2630. The van der Waals surface area contributed by atoms with Gasteiger partial charge in [-0.25, -0.2) is 15.0 Å². The number of aromatic nitrogens is 5. The fourth-order valence-corrected chi connectivity index (χ4v) is 6.70. The van der Waals surface area contributed by atoms with Gasteiger partial charge in [-0.15, -0.1) is 0 Å². The highest BCUT2D eigenvalue weighted by Gasteiger charge is 2.14. The molecular weight excluding hydrogens is 635 g/mol. The average molecular weight is 666 g/mol. The molecule has 0 atom stereocenters. The lowest BCUT2D eigenvalue weighted by atomic mass is 9.93. The van der Waals surface area contributed by atoms with Crippen molar-refractivity contribution in [3.05, 3.63) is 189 Å². The molecule has 0 amide bonds. The van der Waals surface area contributed by atoms with Crippen LogP contribution >= 0.6 is 0 Å². The Morgan fingerprint density at radius 1 is 0.269 bits per heavy atom. The first kappa shape index (κ1) is 30.9. The summed E-state index contributed by atoms with van der Waals surface area (Å²) in [5.41, 5.74) is 12.0. The molecule has 0 aliphatic carbocycles. The monoisotopic (exact) mass is 665 g/mol. The molecule has 0 unspecified atom stereocenters. The zero-order valence-corrected chi connectivity index (χ0v) is 28.1. The van der Waals surface area contributed by atoms with Crippen molar-refractivity contribution in [3.8, 4) is 78.7 Å². The average Bonchev–Trinajstić information content (AvgIpc) is 3.24. The highest BCUT2D eigenvalue weighted by Crippen LogP contribution is 2.35. The van der Waals surface area contributed by atoms with Crippen molar-refractivity contribution in [1.82, 2.24) is 24.9 Å². The predicted octanol–water partition coefficient (Wildman–Crippen LogP) is 11.5. The standard InChI is InChI=1S/C47H31N5/c1-2-18-43-32(8-1)9-7-19-44(43)41-16-5-14-39(30-41)37-12-3-10-35(28-37)36-11-4-13-38(29-36)40-15-6-17-42(31-40)47-51-45(33-20-24-48-25-21-33)50-46(52-47)34-22-26-49-27-23-34/h1-31H. The van der Waals surface area contributed by atoms with Crippen LogP contribution in [0.1, 0.15) is 0 Å². The van der Waals surface area contributed by atoms with Gasteiger partial charge in [0.25, 0.3) is 0 Å². The van der Waals surface area contributed by atoms with Gasteiger partial charge in [0.1, 0.15) is 0 Å². The topological polar surface area (TPSA) is 64.5 Å². The number of hydrogen-bond acceptors (Lipinski definition) is 5. The van der Waals surface area contributed by atoms with Crippen LogP contribution in [0.2, 0.25) is 0 Å². The molecule has 5 nitrogen and oxygen atoms in total. The quantitative estimate of drug-likeness (QED) is 0.169.